The zero-order chi connectivity index (χ0) is 15.4. The molecule has 0 spiro atoms. The molecule has 0 atom stereocenters. The van der Waals surface area contributed by atoms with Crippen molar-refractivity contribution < 1.29 is 14.7 Å². The summed E-state index contributed by atoms with van der Waals surface area (Å²) in [6.07, 6.45) is 1.98. The first-order valence-electron chi connectivity index (χ1n) is 6.08. The highest BCUT2D eigenvalue weighted by molar-refractivity contribution is 7.16. The standard InChI is InChI=1S/C14H11N3O3S/c1-2-9-5-10(14(19)20)13(21-9)17-12(18)11-4-3-8(6-15)7-16-11/h3-5,7H,2H2,1H3,(H,17,18)(H,19,20). The summed E-state index contributed by atoms with van der Waals surface area (Å²) in [5, 5.41) is 20.6. The first kappa shape index (κ1) is 14.7. The average Bonchev–Trinajstić information content (AvgIpc) is 2.90. The van der Waals surface area contributed by atoms with Crippen LogP contribution >= 0.6 is 11.3 Å². The van der Waals surface area contributed by atoms with Crippen LogP contribution in [0.1, 0.15) is 38.2 Å². The minimum absolute atomic E-state index is 0.0684. The number of anilines is 1. The van der Waals surface area contributed by atoms with Crippen LogP contribution < -0.4 is 5.32 Å². The maximum Gasteiger partial charge on any atom is 0.338 e. The van der Waals surface area contributed by atoms with Crippen LogP contribution in [0.2, 0.25) is 0 Å². The van der Waals surface area contributed by atoms with Crippen LogP contribution in [-0.4, -0.2) is 22.0 Å². The molecule has 0 aromatic carbocycles. The van der Waals surface area contributed by atoms with Crippen molar-refractivity contribution >= 4 is 28.2 Å². The average molecular weight is 301 g/mol. The Morgan fingerprint density at radius 2 is 2.24 bits per heavy atom. The predicted molar refractivity (Wildman–Crippen MR) is 77.6 cm³/mol. The van der Waals surface area contributed by atoms with E-state index in [0.717, 1.165) is 4.88 Å². The number of amides is 1. The second-order valence-corrected chi connectivity index (χ2v) is 5.25. The molecule has 21 heavy (non-hydrogen) atoms. The van der Waals surface area contributed by atoms with Gasteiger partial charge in [-0.25, -0.2) is 9.78 Å². The number of hydrogen-bond acceptors (Lipinski definition) is 5. The first-order valence-corrected chi connectivity index (χ1v) is 6.90. The van der Waals surface area contributed by atoms with E-state index in [1.165, 1.54) is 29.7 Å². The number of hydrogen-bond donors (Lipinski definition) is 2. The van der Waals surface area contributed by atoms with E-state index in [1.54, 1.807) is 6.07 Å². The normalized spacial score (nSPS) is 9.90. The summed E-state index contributed by atoms with van der Waals surface area (Å²) in [6, 6.07) is 6.36. The molecule has 0 saturated heterocycles. The minimum atomic E-state index is -1.09. The Kier molecular flexibility index (Phi) is 4.30. The maximum atomic E-state index is 12.0. The first-order chi connectivity index (χ1) is 10.0. The quantitative estimate of drug-likeness (QED) is 0.903. The second-order valence-electron chi connectivity index (χ2n) is 4.11. The molecule has 1 amide bonds. The molecule has 0 aliphatic carbocycles. The Hall–Kier alpha value is -2.72. The van der Waals surface area contributed by atoms with Crippen molar-refractivity contribution in [2.45, 2.75) is 13.3 Å². The lowest BCUT2D eigenvalue weighted by atomic mass is 10.2. The third kappa shape index (κ3) is 3.24. The summed E-state index contributed by atoms with van der Waals surface area (Å²) in [7, 11) is 0. The van der Waals surface area contributed by atoms with E-state index in [2.05, 4.69) is 10.3 Å². The minimum Gasteiger partial charge on any atom is -0.478 e. The van der Waals surface area contributed by atoms with Gasteiger partial charge >= 0.3 is 5.97 Å². The summed E-state index contributed by atoms with van der Waals surface area (Å²) >= 11 is 1.23. The largest absolute Gasteiger partial charge is 0.478 e. The van der Waals surface area contributed by atoms with E-state index >= 15 is 0 Å². The van der Waals surface area contributed by atoms with Crippen LogP contribution in [0, 0.1) is 11.3 Å². The Morgan fingerprint density at radius 3 is 2.76 bits per heavy atom. The van der Waals surface area contributed by atoms with Gasteiger partial charge in [-0.1, -0.05) is 6.92 Å². The van der Waals surface area contributed by atoms with Crippen molar-refractivity contribution in [3.05, 3.63) is 46.1 Å². The SMILES string of the molecule is CCc1cc(C(=O)O)c(NC(=O)c2ccc(C#N)cn2)s1. The van der Waals surface area contributed by atoms with Gasteiger partial charge in [0.2, 0.25) is 0 Å². The number of carboxylic acids is 1. The molecule has 0 bridgehead atoms. The molecule has 106 valence electrons. The number of nitrogens with one attached hydrogen (secondary N) is 1. The van der Waals surface area contributed by atoms with E-state index in [1.807, 2.05) is 13.0 Å². The number of aryl methyl sites for hydroxylation is 1. The van der Waals surface area contributed by atoms with Gasteiger partial charge in [0.15, 0.2) is 0 Å². The number of nitriles is 1. The van der Waals surface area contributed by atoms with Crippen LogP contribution in [0.25, 0.3) is 0 Å². The van der Waals surface area contributed by atoms with E-state index in [9.17, 15) is 9.59 Å². The van der Waals surface area contributed by atoms with Crippen molar-refractivity contribution in [1.82, 2.24) is 4.98 Å². The maximum absolute atomic E-state index is 12.0. The van der Waals surface area contributed by atoms with Crippen LogP contribution in [0.15, 0.2) is 24.4 Å². The molecule has 6 nitrogen and oxygen atoms in total. The Balaban J connectivity index is 2.24. The molecule has 0 radical (unpaired) electrons. The smallest absolute Gasteiger partial charge is 0.338 e. The summed E-state index contributed by atoms with van der Waals surface area (Å²) in [5.41, 5.74) is 0.540. The highest BCUT2D eigenvalue weighted by Gasteiger charge is 2.18. The third-order valence-corrected chi connectivity index (χ3v) is 3.91. The van der Waals surface area contributed by atoms with Gasteiger partial charge in [0.25, 0.3) is 5.91 Å². The Bertz CT molecular complexity index is 729. The molecule has 2 heterocycles. The molecule has 2 rings (SSSR count). The van der Waals surface area contributed by atoms with E-state index in [4.69, 9.17) is 10.4 Å². The number of carbonyl (C=O) groups is 2. The summed E-state index contributed by atoms with van der Waals surface area (Å²) < 4.78 is 0. The van der Waals surface area contributed by atoms with Crippen molar-refractivity contribution in [2.75, 3.05) is 5.32 Å². The highest BCUT2D eigenvalue weighted by atomic mass is 32.1. The van der Waals surface area contributed by atoms with Gasteiger partial charge < -0.3 is 10.4 Å². The van der Waals surface area contributed by atoms with Gasteiger partial charge in [0.1, 0.15) is 16.8 Å². The number of aromatic nitrogens is 1. The fourth-order valence-corrected chi connectivity index (χ4v) is 2.61. The zero-order valence-electron chi connectivity index (χ0n) is 11.1. The molecule has 0 saturated carbocycles. The third-order valence-electron chi connectivity index (χ3n) is 2.71. The Morgan fingerprint density at radius 1 is 1.48 bits per heavy atom. The lowest BCUT2D eigenvalue weighted by Crippen LogP contribution is -2.14. The lowest BCUT2D eigenvalue weighted by molar-refractivity contribution is 0.0698. The molecule has 0 aliphatic heterocycles. The highest BCUT2D eigenvalue weighted by Crippen LogP contribution is 2.29. The summed E-state index contributed by atoms with van der Waals surface area (Å²) in [5.74, 6) is -1.60. The number of rotatable bonds is 4. The van der Waals surface area contributed by atoms with Crippen LogP contribution in [-0.2, 0) is 6.42 Å². The van der Waals surface area contributed by atoms with Gasteiger partial charge in [-0.05, 0) is 24.6 Å². The van der Waals surface area contributed by atoms with Gasteiger partial charge in [-0.15, -0.1) is 11.3 Å². The second kappa shape index (κ2) is 6.15. The molecule has 2 N–H and O–H groups in total. The zero-order valence-corrected chi connectivity index (χ0v) is 11.9. The number of pyridine rings is 1. The molecular weight excluding hydrogens is 290 g/mol. The van der Waals surface area contributed by atoms with Gasteiger partial charge in [0.05, 0.1) is 11.1 Å². The Labute approximate surface area is 124 Å². The van der Waals surface area contributed by atoms with Gasteiger partial charge in [-0.3, -0.25) is 4.79 Å². The van der Waals surface area contributed by atoms with Crippen molar-refractivity contribution in [3.8, 4) is 6.07 Å². The van der Waals surface area contributed by atoms with Crippen molar-refractivity contribution in [3.63, 3.8) is 0 Å². The topological polar surface area (TPSA) is 103 Å². The van der Waals surface area contributed by atoms with E-state index < -0.39 is 11.9 Å². The number of carbonyl (C=O) groups excluding carboxylic acids is 1. The number of aromatic carboxylic acids is 1. The molecule has 2 aromatic rings. The lowest BCUT2D eigenvalue weighted by Gasteiger charge is -2.03. The number of nitrogens with zero attached hydrogens (tertiary/aromatic N) is 2. The molecule has 2 aromatic heterocycles. The molecule has 0 unspecified atom stereocenters. The van der Waals surface area contributed by atoms with Crippen molar-refractivity contribution in [2.24, 2.45) is 0 Å². The fraction of sp³-hybridized carbons (Fsp3) is 0.143. The van der Waals surface area contributed by atoms with Crippen LogP contribution in [0.5, 0.6) is 0 Å². The van der Waals surface area contributed by atoms with Crippen LogP contribution in [0.3, 0.4) is 0 Å². The molecule has 0 fully saturated rings. The van der Waals surface area contributed by atoms with E-state index in [-0.39, 0.29) is 16.3 Å². The molecular formula is C14H11N3O3S. The van der Waals surface area contributed by atoms with Gasteiger partial charge in [-0.2, -0.15) is 5.26 Å². The summed E-state index contributed by atoms with van der Waals surface area (Å²) in [4.78, 5) is 27.9. The number of thiophene rings is 1. The number of carboxylic acid groups (broad SMARTS) is 1. The van der Waals surface area contributed by atoms with Gasteiger partial charge in [0, 0.05) is 11.1 Å². The monoisotopic (exact) mass is 301 g/mol. The van der Waals surface area contributed by atoms with E-state index in [0.29, 0.717) is 12.0 Å². The van der Waals surface area contributed by atoms with Crippen molar-refractivity contribution in [1.29, 1.82) is 5.26 Å². The van der Waals surface area contributed by atoms with Crippen LogP contribution in [0.4, 0.5) is 5.00 Å². The molecule has 7 heteroatoms. The molecule has 0 aliphatic rings. The fourth-order valence-electron chi connectivity index (χ4n) is 1.63. The summed E-state index contributed by atoms with van der Waals surface area (Å²) in [6.45, 7) is 1.91. The predicted octanol–water partition coefficient (Wildman–Crippen LogP) is 2.53.